The van der Waals surface area contributed by atoms with Gasteiger partial charge in [0.15, 0.2) is 0 Å². The van der Waals surface area contributed by atoms with Crippen LogP contribution in [0.4, 0.5) is 0 Å². The molecule has 0 bridgehead atoms. The number of thiophene rings is 1. The van der Waals surface area contributed by atoms with E-state index in [0.29, 0.717) is 6.61 Å². The van der Waals surface area contributed by atoms with E-state index in [1.807, 2.05) is 15.9 Å². The van der Waals surface area contributed by atoms with Gasteiger partial charge in [0.1, 0.15) is 12.2 Å². The van der Waals surface area contributed by atoms with Crippen LogP contribution in [0, 0.1) is 6.92 Å². The molecule has 5 nitrogen and oxygen atoms in total. The maximum atomic E-state index is 5.09. The van der Waals surface area contributed by atoms with Crippen molar-refractivity contribution in [3.05, 3.63) is 34.0 Å². The molecule has 19 heavy (non-hydrogen) atoms. The lowest BCUT2D eigenvalue weighted by Crippen LogP contribution is -2.20. The Morgan fingerprint density at radius 3 is 2.89 bits per heavy atom. The van der Waals surface area contributed by atoms with E-state index in [0.717, 1.165) is 25.5 Å². The highest BCUT2D eigenvalue weighted by molar-refractivity contribution is 7.11. The molecule has 104 valence electrons. The molecule has 0 radical (unpaired) electrons. The van der Waals surface area contributed by atoms with Gasteiger partial charge >= 0.3 is 0 Å². The Morgan fingerprint density at radius 1 is 1.37 bits per heavy atom. The minimum Gasteiger partial charge on any atom is -0.383 e. The maximum Gasteiger partial charge on any atom is 0.147 e. The van der Waals surface area contributed by atoms with E-state index < -0.39 is 0 Å². The van der Waals surface area contributed by atoms with Crippen LogP contribution in [0.1, 0.15) is 15.6 Å². The highest BCUT2D eigenvalue weighted by Crippen LogP contribution is 2.17. The topological polar surface area (TPSA) is 43.2 Å². The average molecular weight is 280 g/mol. The molecule has 0 aromatic carbocycles. The number of hydrogen-bond acceptors (Lipinski definition) is 5. The number of aromatic nitrogens is 3. The number of rotatable bonds is 7. The van der Waals surface area contributed by atoms with Gasteiger partial charge in [-0.15, -0.1) is 21.5 Å². The zero-order valence-electron chi connectivity index (χ0n) is 11.7. The Hall–Kier alpha value is -1.24. The second-order valence-electron chi connectivity index (χ2n) is 4.62. The Morgan fingerprint density at radius 2 is 2.21 bits per heavy atom. The monoisotopic (exact) mass is 280 g/mol. The van der Waals surface area contributed by atoms with Gasteiger partial charge in [-0.3, -0.25) is 4.90 Å². The fourth-order valence-corrected chi connectivity index (χ4v) is 2.88. The smallest absolute Gasteiger partial charge is 0.147 e. The van der Waals surface area contributed by atoms with Crippen molar-refractivity contribution >= 4 is 11.3 Å². The first-order valence-electron chi connectivity index (χ1n) is 6.28. The van der Waals surface area contributed by atoms with Crippen LogP contribution < -0.4 is 0 Å². The molecule has 2 heterocycles. The van der Waals surface area contributed by atoms with Crippen molar-refractivity contribution in [2.45, 2.75) is 26.6 Å². The standard InChI is InChI=1S/C13H20N4OS/c1-11-4-5-12(19-11)8-16(2)9-13-15-14-10-17(13)6-7-18-3/h4-5,10H,6-9H2,1-3H3. The molecule has 0 unspecified atom stereocenters. The fourth-order valence-electron chi connectivity index (χ4n) is 1.91. The van der Waals surface area contributed by atoms with Gasteiger partial charge in [0.25, 0.3) is 0 Å². The molecule has 0 saturated carbocycles. The summed E-state index contributed by atoms with van der Waals surface area (Å²) >= 11 is 1.84. The molecule has 0 saturated heterocycles. The lowest BCUT2D eigenvalue weighted by Gasteiger charge is -2.15. The number of methoxy groups -OCH3 is 1. The second kappa shape index (κ2) is 6.79. The zero-order chi connectivity index (χ0) is 13.7. The van der Waals surface area contributed by atoms with Gasteiger partial charge in [0.2, 0.25) is 0 Å². The van der Waals surface area contributed by atoms with Gasteiger partial charge in [-0.25, -0.2) is 0 Å². The first-order chi connectivity index (χ1) is 9.19. The molecule has 0 spiro atoms. The van der Waals surface area contributed by atoms with Crippen molar-refractivity contribution in [2.24, 2.45) is 0 Å². The summed E-state index contributed by atoms with van der Waals surface area (Å²) in [6.07, 6.45) is 1.76. The third-order valence-corrected chi connectivity index (χ3v) is 3.85. The Kier molecular flexibility index (Phi) is 5.07. The van der Waals surface area contributed by atoms with Gasteiger partial charge in [0, 0.05) is 30.0 Å². The first-order valence-corrected chi connectivity index (χ1v) is 7.10. The summed E-state index contributed by atoms with van der Waals surface area (Å²) in [4.78, 5) is 4.98. The number of aryl methyl sites for hydroxylation is 1. The van der Waals surface area contributed by atoms with Crippen molar-refractivity contribution in [3.8, 4) is 0 Å². The first kappa shape index (κ1) is 14.2. The third-order valence-electron chi connectivity index (χ3n) is 2.87. The lowest BCUT2D eigenvalue weighted by atomic mass is 10.4. The molecule has 0 fully saturated rings. The molecular weight excluding hydrogens is 260 g/mol. The summed E-state index contributed by atoms with van der Waals surface area (Å²) in [5.74, 6) is 0.979. The van der Waals surface area contributed by atoms with Crippen LogP contribution in [0.15, 0.2) is 18.5 Å². The van der Waals surface area contributed by atoms with Crippen LogP contribution in [0.5, 0.6) is 0 Å². The van der Waals surface area contributed by atoms with Gasteiger partial charge in [-0.05, 0) is 26.1 Å². The molecule has 2 rings (SSSR count). The molecule has 0 N–H and O–H groups in total. The van der Waals surface area contributed by atoms with Crippen LogP contribution in [-0.4, -0.2) is 40.4 Å². The SMILES string of the molecule is COCCn1cnnc1CN(C)Cc1ccc(C)s1. The summed E-state index contributed by atoms with van der Waals surface area (Å²) in [5, 5.41) is 8.15. The molecular formula is C13H20N4OS. The Labute approximate surface area is 117 Å². The highest BCUT2D eigenvalue weighted by atomic mass is 32.1. The van der Waals surface area contributed by atoms with Crippen molar-refractivity contribution < 1.29 is 4.74 Å². The number of nitrogens with zero attached hydrogens (tertiary/aromatic N) is 4. The van der Waals surface area contributed by atoms with Crippen molar-refractivity contribution in [2.75, 3.05) is 20.8 Å². The molecule has 0 aliphatic rings. The van der Waals surface area contributed by atoms with Crippen LogP contribution >= 0.6 is 11.3 Å². The van der Waals surface area contributed by atoms with Crippen LogP contribution in [0.3, 0.4) is 0 Å². The summed E-state index contributed by atoms with van der Waals surface area (Å²) in [7, 11) is 3.81. The van der Waals surface area contributed by atoms with Gasteiger partial charge in [-0.1, -0.05) is 0 Å². The third kappa shape index (κ3) is 4.12. The fraction of sp³-hybridized carbons (Fsp3) is 0.538. The number of hydrogen-bond donors (Lipinski definition) is 0. The van der Waals surface area contributed by atoms with Crippen LogP contribution in [0.25, 0.3) is 0 Å². The number of ether oxygens (including phenoxy) is 1. The maximum absolute atomic E-state index is 5.09. The average Bonchev–Trinajstić information content (AvgIpc) is 2.96. The minimum atomic E-state index is 0.679. The van der Waals surface area contributed by atoms with E-state index in [4.69, 9.17) is 4.74 Å². The summed E-state index contributed by atoms with van der Waals surface area (Å²) in [5.41, 5.74) is 0. The molecule has 0 aliphatic heterocycles. The van der Waals surface area contributed by atoms with Crippen LogP contribution in [-0.2, 0) is 24.4 Å². The Bertz CT molecular complexity index is 508. The second-order valence-corrected chi connectivity index (χ2v) is 5.99. The normalized spacial score (nSPS) is 11.4. The van der Waals surface area contributed by atoms with Gasteiger partial charge in [0.05, 0.1) is 13.2 Å². The van der Waals surface area contributed by atoms with E-state index in [9.17, 15) is 0 Å². The van der Waals surface area contributed by atoms with E-state index in [2.05, 4.69) is 41.2 Å². The highest BCUT2D eigenvalue weighted by Gasteiger charge is 2.09. The predicted molar refractivity (Wildman–Crippen MR) is 76.1 cm³/mol. The van der Waals surface area contributed by atoms with Crippen molar-refractivity contribution in [1.29, 1.82) is 0 Å². The predicted octanol–water partition coefficient (Wildman–Crippen LogP) is 1.93. The molecule has 0 atom stereocenters. The molecule has 0 aliphatic carbocycles. The van der Waals surface area contributed by atoms with Crippen molar-refractivity contribution in [3.63, 3.8) is 0 Å². The Balaban J connectivity index is 1.91. The zero-order valence-corrected chi connectivity index (χ0v) is 12.5. The molecule has 2 aromatic heterocycles. The van der Waals surface area contributed by atoms with E-state index in [-0.39, 0.29) is 0 Å². The lowest BCUT2D eigenvalue weighted by molar-refractivity contribution is 0.184. The van der Waals surface area contributed by atoms with Crippen LogP contribution in [0.2, 0.25) is 0 Å². The quantitative estimate of drug-likeness (QED) is 0.777. The summed E-state index contributed by atoms with van der Waals surface area (Å²) in [6.45, 7) is 5.34. The summed E-state index contributed by atoms with van der Waals surface area (Å²) in [6, 6.07) is 4.35. The largest absolute Gasteiger partial charge is 0.383 e. The van der Waals surface area contributed by atoms with Gasteiger partial charge in [-0.2, -0.15) is 0 Å². The minimum absolute atomic E-state index is 0.679. The van der Waals surface area contributed by atoms with E-state index in [1.165, 1.54) is 9.75 Å². The molecule has 6 heteroatoms. The van der Waals surface area contributed by atoms with E-state index in [1.54, 1.807) is 13.4 Å². The molecule has 0 amide bonds. The van der Waals surface area contributed by atoms with E-state index >= 15 is 0 Å². The van der Waals surface area contributed by atoms with Crippen molar-refractivity contribution in [1.82, 2.24) is 19.7 Å². The summed E-state index contributed by atoms with van der Waals surface area (Å²) < 4.78 is 7.13. The van der Waals surface area contributed by atoms with Gasteiger partial charge < -0.3 is 9.30 Å². The molecule has 2 aromatic rings.